The van der Waals surface area contributed by atoms with Crippen molar-refractivity contribution in [2.24, 2.45) is 17.8 Å². The van der Waals surface area contributed by atoms with E-state index in [0.29, 0.717) is 11.1 Å². The van der Waals surface area contributed by atoms with Crippen LogP contribution in [0.5, 0.6) is 0 Å². The Morgan fingerprint density at radius 2 is 1.56 bits per heavy atom. The third-order valence-electron chi connectivity index (χ3n) is 7.73. The van der Waals surface area contributed by atoms with Crippen molar-refractivity contribution in [1.29, 1.82) is 0 Å². The Balaban J connectivity index is 1.11. The fourth-order valence-corrected chi connectivity index (χ4v) is 5.63. The number of ketones is 1. The van der Waals surface area contributed by atoms with Crippen LogP contribution >= 0.6 is 11.6 Å². The fourth-order valence-electron chi connectivity index (χ4n) is 5.51. The molecular formula is C26H37ClN2O3. The van der Waals surface area contributed by atoms with Gasteiger partial charge in [-0.05, 0) is 108 Å². The number of amides is 1. The summed E-state index contributed by atoms with van der Waals surface area (Å²) in [5, 5.41) is 3.98. The Morgan fingerprint density at radius 3 is 2.22 bits per heavy atom. The molecule has 2 aliphatic heterocycles. The van der Waals surface area contributed by atoms with Gasteiger partial charge in [0.1, 0.15) is 0 Å². The summed E-state index contributed by atoms with van der Waals surface area (Å²) in [6, 6.07) is 7.65. The van der Waals surface area contributed by atoms with Gasteiger partial charge in [0.05, 0.1) is 0 Å². The Hall–Kier alpha value is -1.43. The lowest BCUT2D eigenvalue weighted by molar-refractivity contribution is -0.128. The second kappa shape index (κ2) is 11.6. The zero-order valence-corrected chi connectivity index (χ0v) is 19.8. The second-order valence-corrected chi connectivity index (χ2v) is 10.3. The topological polar surface area (TPSA) is 58.6 Å². The van der Waals surface area contributed by atoms with E-state index in [4.69, 9.17) is 16.3 Å². The number of nitrogens with one attached hydrogen (secondary N) is 1. The first-order valence-corrected chi connectivity index (χ1v) is 12.9. The molecule has 2 heterocycles. The summed E-state index contributed by atoms with van der Waals surface area (Å²) in [4.78, 5) is 27.7. The van der Waals surface area contributed by atoms with Crippen molar-refractivity contribution in [1.82, 2.24) is 10.2 Å². The summed E-state index contributed by atoms with van der Waals surface area (Å²) in [6.45, 7) is 4.60. The van der Waals surface area contributed by atoms with E-state index in [1.807, 2.05) is 12.1 Å². The van der Waals surface area contributed by atoms with E-state index in [-0.39, 0.29) is 23.5 Å². The molecule has 1 aromatic rings. The van der Waals surface area contributed by atoms with Crippen LogP contribution in [0.15, 0.2) is 24.3 Å². The van der Waals surface area contributed by atoms with Crippen LogP contribution in [0.4, 0.5) is 0 Å². The molecule has 0 bridgehead atoms. The van der Waals surface area contributed by atoms with Gasteiger partial charge in [-0.15, -0.1) is 0 Å². The van der Waals surface area contributed by atoms with Gasteiger partial charge in [0.2, 0.25) is 5.91 Å². The van der Waals surface area contributed by atoms with Crippen LogP contribution in [0.3, 0.4) is 0 Å². The van der Waals surface area contributed by atoms with Crippen LogP contribution in [0.2, 0.25) is 5.02 Å². The van der Waals surface area contributed by atoms with Crippen molar-refractivity contribution in [3.63, 3.8) is 0 Å². The minimum atomic E-state index is 0.141. The number of rotatable bonds is 7. The number of likely N-dealkylation sites (tertiary alicyclic amines) is 1. The highest BCUT2D eigenvalue weighted by Gasteiger charge is 2.28. The van der Waals surface area contributed by atoms with E-state index in [9.17, 15) is 9.59 Å². The number of benzene rings is 1. The maximum absolute atomic E-state index is 12.7. The molecule has 1 N–H and O–H groups in total. The molecule has 0 unspecified atom stereocenters. The van der Waals surface area contributed by atoms with E-state index in [1.54, 1.807) is 12.1 Å². The molecule has 1 aromatic carbocycles. The number of halogens is 1. The van der Waals surface area contributed by atoms with Crippen molar-refractivity contribution < 1.29 is 14.3 Å². The highest BCUT2D eigenvalue weighted by molar-refractivity contribution is 6.30. The number of hydrogen-bond donors (Lipinski definition) is 1. The van der Waals surface area contributed by atoms with E-state index >= 15 is 0 Å². The summed E-state index contributed by atoms with van der Waals surface area (Å²) in [6.07, 6.45) is 9.50. The Kier molecular flexibility index (Phi) is 8.62. The number of nitrogens with zero attached hydrogens (tertiary/aromatic N) is 1. The number of hydrogen-bond acceptors (Lipinski definition) is 4. The third-order valence-corrected chi connectivity index (χ3v) is 7.98. The predicted octanol–water partition coefficient (Wildman–Crippen LogP) is 4.73. The molecule has 0 atom stereocenters. The standard InChI is InChI=1S/C26H37ClN2O3/c27-23-5-3-20(4-6-23)25(30)21-10-15-29(16-11-21)14-9-19-1-7-24(8-2-19)28-26(31)22-12-17-32-18-13-22/h3-6,19,21-22,24H,1-2,7-18H2,(H,28,31)/t19-,24-. The molecule has 4 rings (SSSR count). The highest BCUT2D eigenvalue weighted by atomic mass is 35.5. The summed E-state index contributed by atoms with van der Waals surface area (Å²) < 4.78 is 5.37. The van der Waals surface area contributed by atoms with Crippen LogP contribution in [0, 0.1) is 17.8 Å². The van der Waals surface area contributed by atoms with Gasteiger partial charge in [-0.3, -0.25) is 9.59 Å². The molecule has 176 valence electrons. The molecule has 1 amide bonds. The number of piperidine rings is 1. The Morgan fingerprint density at radius 1 is 0.906 bits per heavy atom. The van der Waals surface area contributed by atoms with Crippen LogP contribution in [-0.2, 0) is 9.53 Å². The second-order valence-electron chi connectivity index (χ2n) is 9.89. The third kappa shape index (κ3) is 6.55. The lowest BCUT2D eigenvalue weighted by Crippen LogP contribution is -2.42. The van der Waals surface area contributed by atoms with Crippen molar-refractivity contribution >= 4 is 23.3 Å². The van der Waals surface area contributed by atoms with Gasteiger partial charge in [0, 0.05) is 41.7 Å². The van der Waals surface area contributed by atoms with E-state index in [1.165, 1.54) is 19.3 Å². The summed E-state index contributed by atoms with van der Waals surface area (Å²) in [7, 11) is 0. The molecule has 0 aromatic heterocycles. The number of ether oxygens (including phenoxy) is 1. The van der Waals surface area contributed by atoms with E-state index in [2.05, 4.69) is 10.2 Å². The fraction of sp³-hybridized carbons (Fsp3) is 0.692. The highest BCUT2D eigenvalue weighted by Crippen LogP contribution is 2.29. The molecule has 1 saturated carbocycles. The molecule has 1 aliphatic carbocycles. The minimum absolute atomic E-state index is 0.141. The summed E-state index contributed by atoms with van der Waals surface area (Å²) in [5.74, 6) is 1.56. The Labute approximate surface area is 197 Å². The molecule has 0 spiro atoms. The number of carbonyl (C=O) groups excluding carboxylic acids is 2. The average Bonchev–Trinajstić information content (AvgIpc) is 2.84. The van der Waals surface area contributed by atoms with Crippen molar-refractivity contribution in [3.05, 3.63) is 34.9 Å². The van der Waals surface area contributed by atoms with Crippen LogP contribution in [0.25, 0.3) is 0 Å². The monoisotopic (exact) mass is 460 g/mol. The van der Waals surface area contributed by atoms with Crippen LogP contribution in [0.1, 0.15) is 68.1 Å². The van der Waals surface area contributed by atoms with Crippen molar-refractivity contribution in [2.45, 2.75) is 63.8 Å². The largest absolute Gasteiger partial charge is 0.381 e. The quantitative estimate of drug-likeness (QED) is 0.598. The zero-order valence-electron chi connectivity index (χ0n) is 19.1. The van der Waals surface area contributed by atoms with Gasteiger partial charge in [-0.1, -0.05) is 11.6 Å². The lowest BCUT2D eigenvalue weighted by Gasteiger charge is -2.34. The summed E-state index contributed by atoms with van der Waals surface area (Å²) in [5.41, 5.74) is 0.786. The van der Waals surface area contributed by atoms with Gasteiger partial charge >= 0.3 is 0 Å². The molecule has 0 radical (unpaired) electrons. The minimum Gasteiger partial charge on any atom is -0.381 e. The van der Waals surface area contributed by atoms with Gasteiger partial charge in [0.25, 0.3) is 0 Å². The predicted molar refractivity (Wildman–Crippen MR) is 127 cm³/mol. The van der Waals surface area contributed by atoms with Gasteiger partial charge in [-0.2, -0.15) is 0 Å². The van der Waals surface area contributed by atoms with Crippen LogP contribution < -0.4 is 5.32 Å². The van der Waals surface area contributed by atoms with Gasteiger partial charge < -0.3 is 15.0 Å². The smallest absolute Gasteiger partial charge is 0.223 e. The molecule has 3 fully saturated rings. The Bertz CT molecular complexity index is 747. The van der Waals surface area contributed by atoms with Crippen molar-refractivity contribution in [3.8, 4) is 0 Å². The van der Waals surface area contributed by atoms with Gasteiger partial charge in [-0.25, -0.2) is 0 Å². The lowest BCUT2D eigenvalue weighted by atomic mass is 9.83. The van der Waals surface area contributed by atoms with Gasteiger partial charge in [0.15, 0.2) is 5.78 Å². The molecule has 6 heteroatoms. The normalized spacial score (nSPS) is 26.0. The molecular weight excluding hydrogens is 424 g/mol. The number of Topliss-reactive ketones (excluding diaryl/α,β-unsaturated/α-hetero) is 1. The SMILES string of the molecule is O=C(N[C@H]1CC[C@H](CCN2CCC(C(=O)c3ccc(Cl)cc3)CC2)CC1)C1CCOCC1. The molecule has 32 heavy (non-hydrogen) atoms. The van der Waals surface area contributed by atoms with E-state index < -0.39 is 0 Å². The maximum atomic E-state index is 12.7. The number of carbonyl (C=O) groups is 2. The van der Waals surface area contributed by atoms with Crippen molar-refractivity contribution in [2.75, 3.05) is 32.8 Å². The van der Waals surface area contributed by atoms with E-state index in [0.717, 1.165) is 82.9 Å². The van der Waals surface area contributed by atoms with Crippen LogP contribution in [-0.4, -0.2) is 55.5 Å². The first-order chi connectivity index (χ1) is 15.6. The molecule has 2 saturated heterocycles. The first-order valence-electron chi connectivity index (χ1n) is 12.5. The molecule has 3 aliphatic rings. The zero-order chi connectivity index (χ0) is 22.3. The average molecular weight is 461 g/mol. The first kappa shape index (κ1) is 23.7. The summed E-state index contributed by atoms with van der Waals surface area (Å²) >= 11 is 5.94. The maximum Gasteiger partial charge on any atom is 0.223 e. The molecule has 5 nitrogen and oxygen atoms in total.